The highest BCUT2D eigenvalue weighted by atomic mass is 16.6. The van der Waals surface area contributed by atoms with Crippen LogP contribution in [0.5, 0.6) is 0 Å². The number of hydrogen-bond donors (Lipinski definition) is 2. The third-order valence-electron chi connectivity index (χ3n) is 9.50. The molecule has 3 rings (SSSR count). The zero-order chi connectivity index (χ0) is 28.4. The van der Waals surface area contributed by atoms with Crippen LogP contribution in [0, 0.1) is 35.5 Å². The molecule has 0 aromatic heterocycles. The molecule has 0 amide bonds. The van der Waals surface area contributed by atoms with E-state index in [9.17, 15) is 19.8 Å². The highest BCUT2D eigenvalue weighted by molar-refractivity contribution is 5.66. The normalized spacial score (nSPS) is 42.4. The molecule has 13 atom stereocenters. The van der Waals surface area contributed by atoms with Crippen molar-refractivity contribution in [1.29, 1.82) is 0 Å². The van der Waals surface area contributed by atoms with Gasteiger partial charge in [-0.25, -0.2) is 0 Å². The molecular weight excluding hydrogens is 496 g/mol. The van der Waals surface area contributed by atoms with Crippen LogP contribution in [-0.2, 0) is 38.0 Å². The lowest BCUT2D eigenvalue weighted by Crippen LogP contribution is -2.56. The number of aliphatic hydroxyl groups is 2. The summed E-state index contributed by atoms with van der Waals surface area (Å²) in [5.41, 5.74) is -1.33. The first-order valence-corrected chi connectivity index (χ1v) is 13.8. The summed E-state index contributed by atoms with van der Waals surface area (Å²) in [6.07, 6.45) is -1.47. The van der Waals surface area contributed by atoms with Crippen molar-refractivity contribution in [2.45, 2.75) is 95.6 Å². The Kier molecular flexibility index (Phi) is 10.6. The van der Waals surface area contributed by atoms with E-state index in [0.717, 1.165) is 0 Å². The Morgan fingerprint density at radius 2 is 1.61 bits per heavy atom. The molecule has 10 heteroatoms. The molecule has 3 aliphatic rings. The van der Waals surface area contributed by atoms with Gasteiger partial charge in [0.25, 0.3) is 0 Å². The third kappa shape index (κ3) is 5.90. The van der Waals surface area contributed by atoms with Crippen molar-refractivity contribution in [2.75, 3.05) is 35.0 Å². The minimum atomic E-state index is -1.33. The second-order valence-corrected chi connectivity index (χ2v) is 11.5. The Morgan fingerprint density at radius 3 is 2.11 bits per heavy atom. The number of esters is 2. The second-order valence-electron chi connectivity index (χ2n) is 11.5. The van der Waals surface area contributed by atoms with Crippen molar-refractivity contribution in [1.82, 2.24) is 0 Å². The highest BCUT2D eigenvalue weighted by Gasteiger charge is 2.64. The van der Waals surface area contributed by atoms with Gasteiger partial charge in [0.15, 0.2) is 0 Å². The maximum Gasteiger partial charge on any atom is 0.302 e. The van der Waals surface area contributed by atoms with Crippen LogP contribution in [0.15, 0.2) is 0 Å². The molecule has 1 unspecified atom stereocenters. The molecule has 220 valence electrons. The highest BCUT2D eigenvalue weighted by Crippen LogP contribution is 2.59. The number of carbonyl (C=O) groups is 2. The van der Waals surface area contributed by atoms with E-state index in [-0.39, 0.29) is 60.1 Å². The Balaban J connectivity index is 2.11. The van der Waals surface area contributed by atoms with Crippen molar-refractivity contribution in [3.8, 4) is 0 Å². The van der Waals surface area contributed by atoms with E-state index in [1.165, 1.54) is 21.0 Å². The van der Waals surface area contributed by atoms with Gasteiger partial charge in [0, 0.05) is 60.5 Å². The predicted octanol–water partition coefficient (Wildman–Crippen LogP) is 1.97. The first kappa shape index (κ1) is 31.2. The number of carbonyl (C=O) groups excluding carboxylic acids is 2. The largest absolute Gasteiger partial charge is 0.462 e. The summed E-state index contributed by atoms with van der Waals surface area (Å²) in [6, 6.07) is 0. The molecular formula is C28H48O10. The summed E-state index contributed by atoms with van der Waals surface area (Å²) in [4.78, 5) is 23.8. The van der Waals surface area contributed by atoms with Crippen molar-refractivity contribution < 1.29 is 48.2 Å². The van der Waals surface area contributed by atoms with Crippen LogP contribution >= 0.6 is 0 Å². The fourth-order valence-corrected chi connectivity index (χ4v) is 8.38. The van der Waals surface area contributed by atoms with Crippen molar-refractivity contribution in [3.63, 3.8) is 0 Å². The van der Waals surface area contributed by atoms with E-state index >= 15 is 0 Å². The zero-order valence-corrected chi connectivity index (χ0v) is 24.1. The third-order valence-corrected chi connectivity index (χ3v) is 9.50. The number of aliphatic hydroxyl groups excluding tert-OH is 1. The molecule has 38 heavy (non-hydrogen) atoms. The summed E-state index contributed by atoms with van der Waals surface area (Å²) in [5.74, 6) is -1.88. The lowest BCUT2D eigenvalue weighted by Gasteiger charge is -2.50. The van der Waals surface area contributed by atoms with Crippen LogP contribution in [0.4, 0.5) is 0 Å². The lowest BCUT2D eigenvalue weighted by molar-refractivity contribution is -0.188. The van der Waals surface area contributed by atoms with E-state index < -0.39 is 36.0 Å². The van der Waals surface area contributed by atoms with Gasteiger partial charge in [-0.15, -0.1) is 0 Å². The summed E-state index contributed by atoms with van der Waals surface area (Å²) < 4.78 is 34.8. The number of ether oxygens (including phenoxy) is 6. The van der Waals surface area contributed by atoms with Crippen molar-refractivity contribution >= 4 is 11.9 Å². The molecule has 3 aliphatic carbocycles. The second kappa shape index (κ2) is 12.9. The molecule has 10 nitrogen and oxygen atoms in total. The summed E-state index contributed by atoms with van der Waals surface area (Å²) in [7, 11) is 6.45. The van der Waals surface area contributed by atoms with Gasteiger partial charge in [-0.05, 0) is 49.9 Å². The van der Waals surface area contributed by atoms with Gasteiger partial charge >= 0.3 is 11.9 Å². The van der Waals surface area contributed by atoms with Gasteiger partial charge in [-0.2, -0.15) is 0 Å². The number of fused-ring (bicyclic) bond motifs is 3. The van der Waals surface area contributed by atoms with E-state index in [4.69, 9.17) is 28.4 Å². The van der Waals surface area contributed by atoms with Gasteiger partial charge in [0.1, 0.15) is 18.3 Å². The fraction of sp³-hybridized carbons (Fsp3) is 0.929. The van der Waals surface area contributed by atoms with Gasteiger partial charge < -0.3 is 38.6 Å². The maximum atomic E-state index is 12.1. The molecule has 0 heterocycles. The average Bonchev–Trinajstić information content (AvgIpc) is 3.16. The van der Waals surface area contributed by atoms with E-state index in [2.05, 4.69) is 0 Å². The first-order chi connectivity index (χ1) is 18.0. The molecule has 3 saturated carbocycles. The van der Waals surface area contributed by atoms with Crippen LogP contribution in [0.1, 0.15) is 53.4 Å². The molecule has 0 aromatic rings. The fourth-order valence-electron chi connectivity index (χ4n) is 8.38. The Morgan fingerprint density at radius 1 is 0.947 bits per heavy atom. The monoisotopic (exact) mass is 544 g/mol. The molecule has 0 saturated heterocycles. The van der Waals surface area contributed by atoms with Crippen molar-refractivity contribution in [3.05, 3.63) is 0 Å². The Bertz CT molecular complexity index is 807. The van der Waals surface area contributed by atoms with Crippen LogP contribution in [-0.4, -0.2) is 99.4 Å². The van der Waals surface area contributed by atoms with Crippen LogP contribution < -0.4 is 0 Å². The Labute approximate surface area is 226 Å². The standard InChI is InChI=1S/C28H48O10/c1-9-17-25(31)19-12-28(32,27(36-8)14(2)37-15(3)29)11-18(19)23-22(34-6)10-21(38-16(4)30)20(13-33-5)24(23)26(17)35-7/h14,17-27,31-32H,9-13H2,1-8H3/t14-,17+,18-,19+,20+,21-,22+,23?,24-,25+,26+,27+,28-/m1/s1. The van der Waals surface area contributed by atoms with Gasteiger partial charge in [0.2, 0.25) is 0 Å². The first-order valence-electron chi connectivity index (χ1n) is 13.8. The molecule has 0 aliphatic heterocycles. The minimum absolute atomic E-state index is 0.108. The van der Waals surface area contributed by atoms with Gasteiger partial charge in [-0.3, -0.25) is 9.59 Å². The number of methoxy groups -OCH3 is 4. The molecule has 3 fully saturated rings. The molecule has 0 spiro atoms. The average molecular weight is 545 g/mol. The summed E-state index contributed by atoms with van der Waals surface area (Å²) in [5, 5.41) is 23.9. The molecule has 0 bridgehead atoms. The zero-order valence-electron chi connectivity index (χ0n) is 24.1. The predicted molar refractivity (Wildman–Crippen MR) is 137 cm³/mol. The van der Waals surface area contributed by atoms with E-state index in [1.54, 1.807) is 28.3 Å². The van der Waals surface area contributed by atoms with Crippen LogP contribution in [0.2, 0.25) is 0 Å². The lowest BCUT2D eigenvalue weighted by atomic mass is 9.61. The SMILES string of the molecule is CC[C@H]1[C@H](O)[C@H]2C[C@@](O)([C@@H](OC)[C@@H](C)OC(C)=O)C[C@H]2C2[C@@H]([C@@H](COC)[C@H](OC(C)=O)C[C@@H]2OC)[C@H]1OC. The van der Waals surface area contributed by atoms with Crippen molar-refractivity contribution in [2.24, 2.45) is 35.5 Å². The quantitative estimate of drug-likeness (QED) is 0.394. The Hall–Kier alpha value is -1.30. The van der Waals surface area contributed by atoms with E-state index in [0.29, 0.717) is 25.9 Å². The number of hydrogen-bond acceptors (Lipinski definition) is 10. The van der Waals surface area contributed by atoms with E-state index in [1.807, 2.05) is 6.92 Å². The molecule has 2 N–H and O–H groups in total. The molecule has 0 radical (unpaired) electrons. The van der Waals surface area contributed by atoms with Gasteiger partial charge in [0.05, 0.1) is 30.5 Å². The topological polar surface area (TPSA) is 130 Å². The summed E-state index contributed by atoms with van der Waals surface area (Å²) >= 11 is 0. The number of rotatable bonds is 10. The van der Waals surface area contributed by atoms with Crippen LogP contribution in [0.3, 0.4) is 0 Å². The molecule has 0 aromatic carbocycles. The maximum absolute atomic E-state index is 12.1. The smallest absolute Gasteiger partial charge is 0.302 e. The summed E-state index contributed by atoms with van der Waals surface area (Å²) in [6.45, 7) is 6.83. The van der Waals surface area contributed by atoms with Crippen LogP contribution in [0.25, 0.3) is 0 Å². The van der Waals surface area contributed by atoms with Gasteiger partial charge in [-0.1, -0.05) is 6.92 Å². The minimum Gasteiger partial charge on any atom is -0.462 e.